The molecule has 0 aromatic heterocycles. The Hall–Kier alpha value is -2.88. The van der Waals surface area contributed by atoms with Crippen molar-refractivity contribution >= 4 is 11.9 Å². The van der Waals surface area contributed by atoms with E-state index in [-0.39, 0.29) is 6.61 Å². The van der Waals surface area contributed by atoms with E-state index < -0.39 is 18.0 Å². The van der Waals surface area contributed by atoms with Crippen LogP contribution in [0.2, 0.25) is 0 Å². The largest absolute Gasteiger partial charge is 0.458 e. The lowest BCUT2D eigenvalue weighted by Gasteiger charge is -2.16. The molecule has 0 heterocycles. The van der Waals surface area contributed by atoms with Gasteiger partial charge in [0.15, 0.2) is 0 Å². The zero-order chi connectivity index (χ0) is 17.4. The van der Waals surface area contributed by atoms with E-state index in [2.05, 4.69) is 0 Å². The average molecular weight is 324 g/mol. The molecule has 0 saturated carbocycles. The molecule has 4 heteroatoms. The van der Waals surface area contributed by atoms with Crippen molar-refractivity contribution < 1.29 is 19.1 Å². The summed E-state index contributed by atoms with van der Waals surface area (Å²) in [6.45, 7) is 3.70. The molecule has 2 aromatic rings. The van der Waals surface area contributed by atoms with Gasteiger partial charge in [-0.2, -0.15) is 0 Å². The molecular formula is C20H20O4. The van der Waals surface area contributed by atoms with Crippen molar-refractivity contribution in [1.82, 2.24) is 0 Å². The van der Waals surface area contributed by atoms with E-state index in [1.54, 1.807) is 38.1 Å². The van der Waals surface area contributed by atoms with Crippen molar-refractivity contribution in [2.75, 3.05) is 0 Å². The summed E-state index contributed by atoms with van der Waals surface area (Å²) >= 11 is 0. The number of benzene rings is 2. The molecule has 0 bridgehead atoms. The molecule has 0 aliphatic rings. The van der Waals surface area contributed by atoms with Crippen molar-refractivity contribution in [3.63, 3.8) is 0 Å². The summed E-state index contributed by atoms with van der Waals surface area (Å²) in [6.07, 6.45) is 0.262. The van der Waals surface area contributed by atoms with Crippen molar-refractivity contribution in [3.05, 3.63) is 83.4 Å². The van der Waals surface area contributed by atoms with E-state index in [0.717, 1.165) is 11.1 Å². The highest BCUT2D eigenvalue weighted by molar-refractivity contribution is 5.86. The van der Waals surface area contributed by atoms with E-state index in [1.165, 1.54) is 6.08 Å². The zero-order valence-electron chi connectivity index (χ0n) is 13.8. The minimum atomic E-state index is -1.09. The molecule has 0 aliphatic heterocycles. The highest BCUT2D eigenvalue weighted by Crippen LogP contribution is 2.20. The number of rotatable bonds is 6. The summed E-state index contributed by atoms with van der Waals surface area (Å²) < 4.78 is 10.6. The summed E-state index contributed by atoms with van der Waals surface area (Å²) in [5.74, 6) is -1.17. The van der Waals surface area contributed by atoms with Crippen LogP contribution in [0.3, 0.4) is 0 Å². The Bertz CT molecular complexity index is 701. The third-order valence-electron chi connectivity index (χ3n) is 3.18. The maximum absolute atomic E-state index is 12.4. The number of hydrogen-bond acceptors (Lipinski definition) is 4. The Kier molecular flexibility index (Phi) is 6.32. The molecule has 2 aromatic carbocycles. The van der Waals surface area contributed by atoms with Crippen LogP contribution in [0.1, 0.15) is 31.1 Å². The van der Waals surface area contributed by atoms with Crippen LogP contribution in [0, 0.1) is 0 Å². The molecule has 2 rings (SSSR count). The van der Waals surface area contributed by atoms with E-state index in [9.17, 15) is 9.59 Å². The van der Waals surface area contributed by atoms with E-state index in [0.29, 0.717) is 5.56 Å². The highest BCUT2D eigenvalue weighted by atomic mass is 16.6. The first-order valence-electron chi connectivity index (χ1n) is 7.67. The number of allylic oxidation sites excluding steroid dienone is 1. The van der Waals surface area contributed by atoms with E-state index in [1.807, 2.05) is 36.4 Å². The summed E-state index contributed by atoms with van der Waals surface area (Å²) in [4.78, 5) is 24.3. The van der Waals surface area contributed by atoms with Crippen molar-refractivity contribution in [2.24, 2.45) is 0 Å². The number of carbonyl (C=O) groups excluding carboxylic acids is 2. The van der Waals surface area contributed by atoms with Gasteiger partial charge in [0.2, 0.25) is 6.10 Å². The fraction of sp³-hybridized carbons (Fsp3) is 0.200. The lowest BCUT2D eigenvalue weighted by atomic mass is 10.1. The summed E-state index contributed by atoms with van der Waals surface area (Å²) in [5.41, 5.74) is 2.24. The molecule has 24 heavy (non-hydrogen) atoms. The van der Waals surface area contributed by atoms with Crippen LogP contribution in [-0.4, -0.2) is 11.9 Å². The average Bonchev–Trinajstić information content (AvgIpc) is 2.58. The number of esters is 2. The quantitative estimate of drug-likeness (QED) is 0.596. The second-order valence-corrected chi connectivity index (χ2v) is 5.54. The molecule has 0 spiro atoms. The normalized spacial score (nSPS) is 11.2. The van der Waals surface area contributed by atoms with E-state index in [4.69, 9.17) is 9.47 Å². The lowest BCUT2D eigenvalue weighted by Crippen LogP contribution is -2.21. The first-order valence-corrected chi connectivity index (χ1v) is 7.67. The van der Waals surface area contributed by atoms with Gasteiger partial charge in [0, 0.05) is 11.6 Å². The minimum Gasteiger partial charge on any atom is -0.458 e. The third kappa shape index (κ3) is 5.39. The highest BCUT2D eigenvalue weighted by Gasteiger charge is 2.26. The molecule has 0 N–H and O–H groups in total. The molecule has 0 radical (unpaired) electrons. The smallest absolute Gasteiger partial charge is 0.352 e. The Balaban J connectivity index is 2.11. The Morgan fingerprint density at radius 2 is 1.54 bits per heavy atom. The predicted octanol–water partition coefficient (Wildman–Crippen LogP) is 3.98. The molecule has 0 aliphatic carbocycles. The summed E-state index contributed by atoms with van der Waals surface area (Å²) in [5, 5.41) is 0. The SMILES string of the molecule is CC(C)=CC(=O)OC(C(=O)OCc1ccccc1)c1ccccc1. The predicted molar refractivity (Wildman–Crippen MR) is 90.9 cm³/mol. The van der Waals surface area contributed by atoms with Crippen LogP contribution in [0.5, 0.6) is 0 Å². The third-order valence-corrected chi connectivity index (χ3v) is 3.18. The van der Waals surface area contributed by atoms with Crippen LogP contribution >= 0.6 is 0 Å². The molecular weight excluding hydrogens is 304 g/mol. The van der Waals surface area contributed by atoms with Gasteiger partial charge in [0.1, 0.15) is 6.61 Å². The molecule has 124 valence electrons. The van der Waals surface area contributed by atoms with Gasteiger partial charge in [-0.05, 0) is 19.4 Å². The fourth-order valence-electron chi connectivity index (χ4n) is 2.07. The second kappa shape index (κ2) is 8.67. The van der Waals surface area contributed by atoms with Crippen molar-refractivity contribution in [2.45, 2.75) is 26.6 Å². The van der Waals surface area contributed by atoms with Gasteiger partial charge >= 0.3 is 11.9 Å². The van der Waals surface area contributed by atoms with Crippen molar-refractivity contribution in [1.29, 1.82) is 0 Å². The maximum Gasteiger partial charge on any atom is 0.352 e. The zero-order valence-corrected chi connectivity index (χ0v) is 13.8. The number of ether oxygens (including phenoxy) is 2. The number of hydrogen-bond donors (Lipinski definition) is 0. The number of carbonyl (C=O) groups is 2. The van der Waals surface area contributed by atoms with Crippen LogP contribution < -0.4 is 0 Å². The Morgan fingerprint density at radius 3 is 2.12 bits per heavy atom. The van der Waals surface area contributed by atoms with Gasteiger partial charge in [-0.1, -0.05) is 66.2 Å². The fourth-order valence-corrected chi connectivity index (χ4v) is 2.07. The monoisotopic (exact) mass is 324 g/mol. The van der Waals surface area contributed by atoms with E-state index >= 15 is 0 Å². The standard InChI is InChI=1S/C20H20O4/c1-15(2)13-18(21)24-19(17-11-7-4-8-12-17)20(22)23-14-16-9-5-3-6-10-16/h3-13,19H,14H2,1-2H3. The van der Waals surface area contributed by atoms with Gasteiger partial charge < -0.3 is 9.47 Å². The van der Waals surface area contributed by atoms with Crippen LogP contribution in [0.15, 0.2) is 72.3 Å². The molecule has 0 fully saturated rings. The first-order chi connectivity index (χ1) is 11.6. The summed E-state index contributed by atoms with van der Waals surface area (Å²) in [6, 6.07) is 18.2. The maximum atomic E-state index is 12.4. The van der Waals surface area contributed by atoms with Crippen LogP contribution in [0.25, 0.3) is 0 Å². The molecule has 4 nitrogen and oxygen atoms in total. The first kappa shape index (κ1) is 17.5. The van der Waals surface area contributed by atoms with Crippen LogP contribution in [-0.2, 0) is 25.7 Å². The van der Waals surface area contributed by atoms with Gasteiger partial charge in [-0.3, -0.25) is 0 Å². The molecule has 0 amide bonds. The molecule has 0 saturated heterocycles. The van der Waals surface area contributed by atoms with Gasteiger partial charge in [-0.25, -0.2) is 9.59 Å². The van der Waals surface area contributed by atoms with Crippen LogP contribution in [0.4, 0.5) is 0 Å². The molecule has 1 atom stereocenters. The van der Waals surface area contributed by atoms with Gasteiger partial charge in [-0.15, -0.1) is 0 Å². The topological polar surface area (TPSA) is 52.6 Å². The molecule has 1 unspecified atom stereocenters. The van der Waals surface area contributed by atoms with Gasteiger partial charge in [0.05, 0.1) is 0 Å². The van der Waals surface area contributed by atoms with Crippen molar-refractivity contribution in [3.8, 4) is 0 Å². The second-order valence-electron chi connectivity index (χ2n) is 5.54. The minimum absolute atomic E-state index is 0.128. The Labute approximate surface area is 141 Å². The lowest BCUT2D eigenvalue weighted by molar-refractivity contribution is -0.166. The Morgan fingerprint density at radius 1 is 0.958 bits per heavy atom. The van der Waals surface area contributed by atoms with Gasteiger partial charge in [0.25, 0.3) is 0 Å². The summed E-state index contributed by atoms with van der Waals surface area (Å²) in [7, 11) is 0.